The summed E-state index contributed by atoms with van der Waals surface area (Å²) in [5, 5.41) is 0. The average molecular weight is 279 g/mol. The number of aryl methyl sites for hydroxylation is 2. The maximum atomic E-state index is 5.93. The standard InChI is InChI=1S/C16H23ClN2/c1-11-6-7-13-14(10-11)19(12(2)16(3,4)5)15(18-13)8-9-17/h6-7,10,12H,8-9H2,1-5H3. The third-order valence-electron chi connectivity index (χ3n) is 3.88. The van der Waals surface area contributed by atoms with E-state index in [1.54, 1.807) is 0 Å². The van der Waals surface area contributed by atoms with E-state index in [4.69, 9.17) is 16.6 Å². The molecule has 0 aliphatic carbocycles. The van der Waals surface area contributed by atoms with E-state index in [1.807, 2.05) is 0 Å². The van der Waals surface area contributed by atoms with Gasteiger partial charge in [0, 0.05) is 18.3 Å². The minimum Gasteiger partial charge on any atom is -0.325 e. The van der Waals surface area contributed by atoms with Crippen molar-refractivity contribution in [3.05, 3.63) is 29.6 Å². The van der Waals surface area contributed by atoms with Crippen LogP contribution in [0.15, 0.2) is 18.2 Å². The van der Waals surface area contributed by atoms with E-state index >= 15 is 0 Å². The van der Waals surface area contributed by atoms with Gasteiger partial charge in [0.05, 0.1) is 11.0 Å². The molecule has 2 aromatic rings. The zero-order valence-electron chi connectivity index (χ0n) is 12.5. The summed E-state index contributed by atoms with van der Waals surface area (Å²) in [6.45, 7) is 11.2. The van der Waals surface area contributed by atoms with Gasteiger partial charge in [-0.2, -0.15) is 0 Å². The fourth-order valence-corrected chi connectivity index (χ4v) is 2.50. The van der Waals surface area contributed by atoms with Crippen LogP contribution in [0, 0.1) is 12.3 Å². The summed E-state index contributed by atoms with van der Waals surface area (Å²) in [4.78, 5) is 4.76. The summed E-state index contributed by atoms with van der Waals surface area (Å²) in [7, 11) is 0. The van der Waals surface area contributed by atoms with Crippen LogP contribution in [0.2, 0.25) is 0 Å². The number of benzene rings is 1. The molecule has 0 bridgehead atoms. The van der Waals surface area contributed by atoms with Gasteiger partial charge in [-0.3, -0.25) is 0 Å². The minimum atomic E-state index is 0.193. The quantitative estimate of drug-likeness (QED) is 0.742. The number of halogens is 1. The van der Waals surface area contributed by atoms with Crippen molar-refractivity contribution in [1.29, 1.82) is 0 Å². The summed E-state index contributed by atoms with van der Waals surface area (Å²) in [5.74, 6) is 1.71. The van der Waals surface area contributed by atoms with E-state index in [0.29, 0.717) is 11.9 Å². The first kappa shape index (κ1) is 14.4. The number of imidazole rings is 1. The Morgan fingerprint density at radius 3 is 2.58 bits per heavy atom. The fraction of sp³-hybridized carbons (Fsp3) is 0.562. The zero-order valence-corrected chi connectivity index (χ0v) is 13.3. The van der Waals surface area contributed by atoms with Crippen molar-refractivity contribution >= 4 is 22.6 Å². The molecular weight excluding hydrogens is 256 g/mol. The van der Waals surface area contributed by atoms with E-state index in [2.05, 4.69) is 57.4 Å². The lowest BCUT2D eigenvalue weighted by Gasteiger charge is -2.30. The number of hydrogen-bond acceptors (Lipinski definition) is 1. The highest BCUT2D eigenvalue weighted by molar-refractivity contribution is 6.17. The van der Waals surface area contributed by atoms with Crippen LogP contribution in [0.4, 0.5) is 0 Å². The Morgan fingerprint density at radius 2 is 2.00 bits per heavy atom. The Balaban J connectivity index is 2.66. The van der Waals surface area contributed by atoms with Gasteiger partial charge in [0.1, 0.15) is 5.82 Å². The summed E-state index contributed by atoms with van der Waals surface area (Å²) >= 11 is 5.93. The molecule has 0 aliphatic rings. The molecule has 1 aromatic carbocycles. The molecule has 0 saturated heterocycles. The molecule has 19 heavy (non-hydrogen) atoms. The van der Waals surface area contributed by atoms with Crippen LogP contribution in [0.1, 0.15) is 45.1 Å². The molecule has 2 rings (SSSR count). The monoisotopic (exact) mass is 278 g/mol. The van der Waals surface area contributed by atoms with Gasteiger partial charge in [-0.05, 0) is 37.0 Å². The molecule has 2 nitrogen and oxygen atoms in total. The number of nitrogens with zero attached hydrogens (tertiary/aromatic N) is 2. The normalized spacial score (nSPS) is 14.0. The Kier molecular flexibility index (Phi) is 3.91. The van der Waals surface area contributed by atoms with Gasteiger partial charge in [0.2, 0.25) is 0 Å². The van der Waals surface area contributed by atoms with Crippen LogP contribution in [0.3, 0.4) is 0 Å². The van der Waals surface area contributed by atoms with Crippen LogP contribution < -0.4 is 0 Å². The predicted molar refractivity (Wildman–Crippen MR) is 83.1 cm³/mol. The lowest BCUT2D eigenvalue weighted by molar-refractivity contribution is 0.263. The van der Waals surface area contributed by atoms with Gasteiger partial charge in [0.25, 0.3) is 0 Å². The molecule has 1 aromatic heterocycles. The van der Waals surface area contributed by atoms with Crippen LogP contribution in [-0.2, 0) is 6.42 Å². The van der Waals surface area contributed by atoms with E-state index < -0.39 is 0 Å². The van der Waals surface area contributed by atoms with Crippen LogP contribution in [0.25, 0.3) is 11.0 Å². The summed E-state index contributed by atoms with van der Waals surface area (Å²) in [6, 6.07) is 6.83. The molecule has 104 valence electrons. The average Bonchev–Trinajstić information content (AvgIpc) is 2.64. The summed E-state index contributed by atoms with van der Waals surface area (Å²) < 4.78 is 2.37. The van der Waals surface area contributed by atoms with Gasteiger partial charge in [-0.1, -0.05) is 26.8 Å². The molecule has 0 saturated carbocycles. The Morgan fingerprint density at radius 1 is 1.32 bits per heavy atom. The van der Waals surface area contributed by atoms with Crippen molar-refractivity contribution in [1.82, 2.24) is 9.55 Å². The zero-order chi connectivity index (χ0) is 14.2. The topological polar surface area (TPSA) is 17.8 Å². The Hall–Kier alpha value is -1.02. The highest BCUT2D eigenvalue weighted by atomic mass is 35.5. The molecule has 1 unspecified atom stereocenters. The first-order valence-corrected chi connectivity index (χ1v) is 7.41. The van der Waals surface area contributed by atoms with Gasteiger partial charge < -0.3 is 4.57 Å². The predicted octanol–water partition coefficient (Wildman–Crippen LogP) is 4.73. The summed E-state index contributed by atoms with van der Waals surface area (Å²) in [5.41, 5.74) is 3.76. The van der Waals surface area contributed by atoms with Crippen molar-refractivity contribution in [2.24, 2.45) is 5.41 Å². The Bertz CT molecular complexity index is 578. The van der Waals surface area contributed by atoms with E-state index in [-0.39, 0.29) is 5.41 Å². The summed E-state index contributed by atoms with van der Waals surface area (Å²) in [6.07, 6.45) is 0.815. The molecule has 1 heterocycles. The third-order valence-corrected chi connectivity index (χ3v) is 4.07. The smallest absolute Gasteiger partial charge is 0.111 e. The number of fused-ring (bicyclic) bond motifs is 1. The molecule has 0 radical (unpaired) electrons. The first-order valence-electron chi connectivity index (χ1n) is 6.88. The van der Waals surface area contributed by atoms with E-state index in [9.17, 15) is 0 Å². The second kappa shape index (κ2) is 5.16. The van der Waals surface area contributed by atoms with Crippen molar-refractivity contribution in [3.8, 4) is 0 Å². The van der Waals surface area contributed by atoms with Crippen molar-refractivity contribution in [2.45, 2.75) is 47.1 Å². The van der Waals surface area contributed by atoms with E-state index in [1.165, 1.54) is 11.1 Å². The first-order chi connectivity index (χ1) is 8.84. The highest BCUT2D eigenvalue weighted by Gasteiger charge is 2.25. The van der Waals surface area contributed by atoms with E-state index in [0.717, 1.165) is 17.8 Å². The van der Waals surface area contributed by atoms with Crippen LogP contribution >= 0.6 is 11.6 Å². The van der Waals surface area contributed by atoms with Crippen molar-refractivity contribution in [2.75, 3.05) is 5.88 Å². The maximum Gasteiger partial charge on any atom is 0.111 e. The van der Waals surface area contributed by atoms with Crippen LogP contribution in [0.5, 0.6) is 0 Å². The highest BCUT2D eigenvalue weighted by Crippen LogP contribution is 2.34. The minimum absolute atomic E-state index is 0.193. The number of hydrogen-bond donors (Lipinski definition) is 0. The second-order valence-electron chi connectivity index (χ2n) is 6.37. The van der Waals surface area contributed by atoms with Gasteiger partial charge in [-0.15, -0.1) is 11.6 Å². The number of rotatable bonds is 3. The molecule has 3 heteroatoms. The van der Waals surface area contributed by atoms with Gasteiger partial charge in [0.15, 0.2) is 0 Å². The fourth-order valence-electron chi connectivity index (χ4n) is 2.33. The molecule has 0 N–H and O–H groups in total. The third kappa shape index (κ3) is 2.79. The molecule has 0 fully saturated rings. The van der Waals surface area contributed by atoms with Crippen molar-refractivity contribution in [3.63, 3.8) is 0 Å². The van der Waals surface area contributed by atoms with Crippen molar-refractivity contribution < 1.29 is 0 Å². The molecule has 0 amide bonds. The molecule has 0 spiro atoms. The molecule has 0 aliphatic heterocycles. The molecule has 1 atom stereocenters. The number of alkyl halides is 1. The lowest BCUT2D eigenvalue weighted by Crippen LogP contribution is -2.23. The maximum absolute atomic E-state index is 5.93. The van der Waals surface area contributed by atoms with Crippen LogP contribution in [-0.4, -0.2) is 15.4 Å². The van der Waals surface area contributed by atoms with Gasteiger partial charge in [-0.25, -0.2) is 4.98 Å². The number of aromatic nitrogens is 2. The SMILES string of the molecule is Cc1ccc2nc(CCCl)n(C(C)C(C)(C)C)c2c1. The largest absolute Gasteiger partial charge is 0.325 e. The lowest BCUT2D eigenvalue weighted by atomic mass is 9.87. The molecular formula is C16H23ClN2. The Labute approximate surface area is 120 Å². The van der Waals surface area contributed by atoms with Gasteiger partial charge >= 0.3 is 0 Å². The second-order valence-corrected chi connectivity index (χ2v) is 6.75.